The number of aromatic nitrogens is 13. The zero-order valence-electron chi connectivity index (χ0n) is 65.8. The topological polar surface area (TPSA) is 481 Å². The number of carbonyl (C=O) groups excluding carboxylic acids is 4. The lowest BCUT2D eigenvalue weighted by atomic mass is 9.94. The highest BCUT2D eigenvalue weighted by Gasteiger charge is 2.48. The van der Waals surface area contributed by atoms with Gasteiger partial charge in [0, 0.05) is 95.6 Å². The van der Waals surface area contributed by atoms with Crippen molar-refractivity contribution in [3.8, 4) is 40.6 Å². The van der Waals surface area contributed by atoms with Crippen LogP contribution in [0.4, 0.5) is 55.0 Å². The van der Waals surface area contributed by atoms with Crippen LogP contribution in [0.25, 0.3) is 55.7 Å². The van der Waals surface area contributed by atoms with Crippen molar-refractivity contribution in [2.24, 2.45) is 0 Å². The number of anilines is 2. The molecule has 14 heterocycles. The number of hydrogen-bond donors (Lipinski definition) is 5. The number of pyridine rings is 7. The molecular formula is C77H81Br3F4N24O11. The molecule has 4 saturated heterocycles. The van der Waals surface area contributed by atoms with Crippen molar-refractivity contribution in [3.63, 3.8) is 0 Å². The molecule has 4 aliphatic heterocycles. The summed E-state index contributed by atoms with van der Waals surface area (Å²) in [4.78, 5) is 125. The van der Waals surface area contributed by atoms with Crippen molar-refractivity contribution in [2.45, 2.75) is 153 Å². The summed E-state index contributed by atoms with van der Waals surface area (Å²) in [6.45, 7) is 16.8. The predicted octanol–water partition coefficient (Wildman–Crippen LogP) is 15.4. The van der Waals surface area contributed by atoms with Gasteiger partial charge in [0.15, 0.2) is 40.1 Å². The SMILES string of the molecule is CC(C)(C)OC(=O)N1CCC[C@](F)(C(=O)Nc2ncc(Br)cc2[N+](=O)[O-])C1.CC(C)(C)OC(=O)N1CCC[C@](F)(c2nc3ncc(-c4ccnc(C#N)c4)cc3[nH]2)C1.CC(C)(C)OC(=O)N1CCC[C@](F)(c2nc3ncc(Br)cc3[nH]2)C1.N#Cc1cc(-c2cnc3nc([C@@]4(F)CCCN(C#N)C4)[nH]c3c2)ccn1.Nc1nc(Br)ccc1[N+](=O)[O-]. The summed E-state index contributed by atoms with van der Waals surface area (Å²) >= 11 is 9.42. The molecule has 0 saturated carbocycles. The average Bonchev–Trinajstić information content (AvgIpc) is 1.66. The van der Waals surface area contributed by atoms with Crippen molar-refractivity contribution < 1.29 is 60.8 Å². The molecule has 4 fully saturated rings. The first kappa shape index (κ1) is 89.1. The van der Waals surface area contributed by atoms with Gasteiger partial charge in [-0.2, -0.15) is 15.8 Å². The number of hydrogen-bond acceptors (Lipinski definition) is 26. The van der Waals surface area contributed by atoms with E-state index in [0.29, 0.717) is 106 Å². The van der Waals surface area contributed by atoms with E-state index >= 15 is 17.6 Å². The summed E-state index contributed by atoms with van der Waals surface area (Å²) in [6.07, 6.45) is 12.1. The zero-order valence-corrected chi connectivity index (χ0v) is 70.5. The Hall–Kier alpha value is -12.2. The molecule has 4 aliphatic rings. The van der Waals surface area contributed by atoms with E-state index in [4.69, 9.17) is 35.7 Å². The number of ether oxygens (including phenoxy) is 3. The van der Waals surface area contributed by atoms with Crippen LogP contribution >= 0.6 is 47.8 Å². The third-order valence-corrected chi connectivity index (χ3v) is 19.6. The zero-order chi connectivity index (χ0) is 86.7. The maximum absolute atomic E-state index is 15.9. The van der Waals surface area contributed by atoms with Gasteiger partial charge in [0.1, 0.15) is 62.4 Å². The molecule has 0 bridgehead atoms. The van der Waals surface area contributed by atoms with E-state index in [2.05, 4.69) is 118 Å². The van der Waals surface area contributed by atoms with E-state index in [0.717, 1.165) is 37.7 Å². The molecular weight excluding hydrogens is 1750 g/mol. The molecule has 0 spiro atoms. The Balaban J connectivity index is 0.000000160. The van der Waals surface area contributed by atoms with Gasteiger partial charge in [0.05, 0.1) is 52.6 Å². The Kier molecular flexibility index (Phi) is 27.5. The summed E-state index contributed by atoms with van der Waals surface area (Å²) in [5.41, 5.74) is 1.78. The Morgan fingerprint density at radius 2 is 0.916 bits per heavy atom. The number of amides is 4. The van der Waals surface area contributed by atoms with Gasteiger partial charge in [-0.1, -0.05) is 0 Å². The van der Waals surface area contributed by atoms with Gasteiger partial charge in [-0.25, -0.2) is 81.8 Å². The fourth-order valence-electron chi connectivity index (χ4n) is 12.8. The second-order valence-electron chi connectivity index (χ2n) is 31.1. The molecule has 4 atom stereocenters. The fourth-order valence-corrected chi connectivity index (χ4v) is 13.8. The van der Waals surface area contributed by atoms with Crippen molar-refractivity contribution in [2.75, 3.05) is 63.4 Å². The number of aromatic amines is 3. The number of nitro groups is 2. The Morgan fingerprint density at radius 3 is 1.34 bits per heavy atom. The largest absolute Gasteiger partial charge is 0.444 e. The highest BCUT2D eigenvalue weighted by Crippen LogP contribution is 2.40. The maximum Gasteiger partial charge on any atom is 0.410 e. The van der Waals surface area contributed by atoms with Gasteiger partial charge in [-0.15, -0.1) is 0 Å². The number of nitriles is 3. The Labute approximate surface area is 703 Å². The number of likely N-dealkylation sites (tertiary alicyclic amines) is 4. The molecule has 10 aromatic heterocycles. The van der Waals surface area contributed by atoms with Gasteiger partial charge < -0.3 is 59.8 Å². The summed E-state index contributed by atoms with van der Waals surface area (Å²) in [5, 5.41) is 50.6. The molecule has 42 heteroatoms. The first-order valence-corrected chi connectivity index (χ1v) is 39.3. The number of H-pyrrole nitrogens is 3. The van der Waals surface area contributed by atoms with Crippen LogP contribution in [-0.2, 0) is 36.0 Å². The second-order valence-corrected chi connectivity index (χ2v) is 33.7. The lowest BCUT2D eigenvalue weighted by Gasteiger charge is -2.36. The molecule has 0 unspecified atom stereocenters. The molecule has 35 nitrogen and oxygen atoms in total. The Morgan fingerprint density at radius 1 is 0.513 bits per heavy atom. The third kappa shape index (κ3) is 23.2. The van der Waals surface area contributed by atoms with E-state index in [9.17, 15) is 39.4 Å². The van der Waals surface area contributed by atoms with Crippen LogP contribution in [0.15, 0.2) is 111 Å². The van der Waals surface area contributed by atoms with Crippen LogP contribution in [0.3, 0.4) is 0 Å². The monoisotopic (exact) mass is 1830 g/mol. The van der Waals surface area contributed by atoms with Crippen molar-refractivity contribution in [1.82, 2.24) is 84.4 Å². The number of piperidine rings is 4. The van der Waals surface area contributed by atoms with E-state index in [1.807, 2.05) is 30.5 Å². The van der Waals surface area contributed by atoms with Crippen LogP contribution in [0, 0.1) is 54.3 Å². The molecule has 119 heavy (non-hydrogen) atoms. The minimum absolute atomic E-state index is 0.00787. The number of nitrogens with zero attached hydrogens (tertiary/aromatic N) is 19. The number of rotatable bonds is 9. The van der Waals surface area contributed by atoms with Gasteiger partial charge in [-0.05, 0) is 221 Å². The second kappa shape index (κ2) is 36.7. The highest BCUT2D eigenvalue weighted by atomic mass is 79.9. The van der Waals surface area contributed by atoms with Crippen molar-refractivity contribution in [3.05, 3.63) is 160 Å². The number of carbonyl (C=O) groups is 4. The van der Waals surface area contributed by atoms with Crippen LogP contribution in [-0.4, -0.2) is 193 Å². The normalized spacial score (nSPS) is 19.2. The van der Waals surface area contributed by atoms with Crippen LogP contribution < -0.4 is 11.1 Å². The molecule has 10 aromatic rings. The van der Waals surface area contributed by atoms with Crippen molar-refractivity contribution in [1.29, 1.82) is 15.8 Å². The Bertz CT molecular complexity index is 5610. The number of alkyl halides is 4. The lowest BCUT2D eigenvalue weighted by molar-refractivity contribution is -0.384. The number of halogens is 7. The predicted molar refractivity (Wildman–Crippen MR) is 435 cm³/mol. The van der Waals surface area contributed by atoms with Gasteiger partial charge in [0.25, 0.3) is 5.91 Å². The standard InChI is InChI=1S/C22H23FN6O2.C18H14FN7.C16H20BrFN4O5.C16H20BrFN4O2.C5H4BrN3O2/c1-21(2,3)31-20(30)29-8-4-6-22(23,13-29)19-27-17-10-15(12-26-18(17)28-19)14-5-7-25-16(9-14)11-24;19-18(3-1-5-26(10-18)11-21)17-24-15-7-13(9-23-16(15)25-17)12-2-4-22-14(6-12)8-20;1-15(2,3)27-14(24)21-6-4-5-16(18,9-21)13(23)20-12-11(22(25)26)7-10(17)8-19-12;1-15(2,3)24-14(23)22-6-4-5-16(18,9-22)13-20-11-7-10(17)8-19-12(11)21-13;6-4-2-1-3(9(10)11)5(7)8-4/h5,7,9-10,12H,4,6,8,13H2,1-3H3,(H,26,27,28);2,4,6-7,9H,1,3,5,10H2,(H,23,24,25);7-8H,4-6,9H2,1-3H3,(H,19,20,23);7-8H,4-6,9H2,1-3H3,(H,19,20,21);1-2H,(H2,7,8)/t22-;18-;2*16-;/m1111./s1. The van der Waals surface area contributed by atoms with Crippen LogP contribution in [0.5, 0.6) is 0 Å². The summed E-state index contributed by atoms with van der Waals surface area (Å²) in [6, 6.07) is 20.3. The van der Waals surface area contributed by atoms with E-state index in [-0.39, 0.29) is 80.2 Å². The average molecular weight is 1830 g/mol. The minimum atomic E-state index is -2.40. The highest BCUT2D eigenvalue weighted by molar-refractivity contribution is 9.11. The van der Waals surface area contributed by atoms with Crippen molar-refractivity contribution >= 4 is 128 Å². The van der Waals surface area contributed by atoms with Crippen LogP contribution in [0.2, 0.25) is 0 Å². The summed E-state index contributed by atoms with van der Waals surface area (Å²) < 4.78 is 79.6. The molecule has 6 N–H and O–H groups in total. The van der Waals surface area contributed by atoms with Gasteiger partial charge >= 0.3 is 29.7 Å². The number of nitrogens with two attached hydrogens (primary N) is 1. The number of nitrogen functional groups attached to an aromatic ring is 1. The van der Waals surface area contributed by atoms with E-state index in [1.165, 1.54) is 33.0 Å². The molecule has 0 radical (unpaired) electrons. The number of fused-ring (bicyclic) bond motifs is 3. The van der Waals surface area contributed by atoms with Crippen LogP contribution in [0.1, 0.15) is 143 Å². The molecule has 14 rings (SSSR count). The minimum Gasteiger partial charge on any atom is -0.444 e. The van der Waals surface area contributed by atoms with Gasteiger partial charge in [-0.3, -0.25) is 25.0 Å². The molecule has 4 amide bonds. The fraction of sp³-hybridized carbons (Fsp3) is 0.416. The van der Waals surface area contributed by atoms with Gasteiger partial charge in [0.2, 0.25) is 17.3 Å². The molecule has 0 aliphatic carbocycles. The smallest absolute Gasteiger partial charge is 0.410 e. The maximum atomic E-state index is 15.9. The number of nitrogens with one attached hydrogen (secondary N) is 4. The van der Waals surface area contributed by atoms with E-state index < -0.39 is 85.7 Å². The van der Waals surface area contributed by atoms with E-state index in [1.54, 1.807) is 124 Å². The summed E-state index contributed by atoms with van der Waals surface area (Å²) in [5.74, 6) is -0.980. The third-order valence-electron chi connectivity index (χ3n) is 18.3. The molecule has 0 aromatic carbocycles. The molecule has 624 valence electrons. The quantitative estimate of drug-likeness (QED) is 0.0224. The lowest BCUT2D eigenvalue weighted by Crippen LogP contribution is -2.54. The summed E-state index contributed by atoms with van der Waals surface area (Å²) in [7, 11) is 0. The number of imidazole rings is 3. The first-order valence-electron chi connectivity index (χ1n) is 37.0. The first-order chi connectivity index (χ1) is 56.0.